The Bertz CT molecular complexity index is 622. The van der Waals surface area contributed by atoms with Crippen molar-refractivity contribution in [3.8, 4) is 0 Å². The molecule has 0 unspecified atom stereocenters. The van der Waals surface area contributed by atoms with Gasteiger partial charge < -0.3 is 9.84 Å². The number of hydrogen-bond donors (Lipinski definition) is 1. The molecule has 1 N–H and O–H groups in total. The van der Waals surface area contributed by atoms with Crippen LogP contribution in [0.25, 0.3) is 11.0 Å². The Balaban J connectivity index is 2.55. The fourth-order valence-electron chi connectivity index (χ4n) is 1.66. The van der Waals surface area contributed by atoms with Crippen LogP contribution in [0.15, 0.2) is 27.5 Å². The molecule has 1 aromatic heterocycles. The number of fused-ring (bicyclic) bond motifs is 1. The minimum absolute atomic E-state index is 0.0286. The van der Waals surface area contributed by atoms with Gasteiger partial charge in [-0.25, -0.2) is 0 Å². The Hall–Kier alpha value is -2.04. The summed E-state index contributed by atoms with van der Waals surface area (Å²) in [6.45, 7) is 5.18. The first-order valence-corrected chi connectivity index (χ1v) is 5.42. The van der Waals surface area contributed by atoms with Crippen molar-refractivity contribution >= 4 is 22.6 Å². The van der Waals surface area contributed by atoms with Crippen molar-refractivity contribution in [1.82, 2.24) is 4.74 Å². The highest BCUT2D eigenvalue weighted by Gasteiger charge is 2.12. The van der Waals surface area contributed by atoms with Gasteiger partial charge in [-0.3, -0.25) is 9.59 Å². The maximum absolute atomic E-state index is 11.9. The van der Waals surface area contributed by atoms with Crippen molar-refractivity contribution in [2.45, 2.75) is 26.8 Å². The molecule has 0 saturated carbocycles. The van der Waals surface area contributed by atoms with Gasteiger partial charge in [0.15, 0.2) is 5.58 Å². The molecule has 90 valence electrons. The van der Waals surface area contributed by atoms with Gasteiger partial charge in [-0.05, 0) is 26.0 Å². The minimum atomic E-state index is -0.157. The van der Waals surface area contributed by atoms with Crippen molar-refractivity contribution in [3.05, 3.63) is 28.6 Å². The van der Waals surface area contributed by atoms with Gasteiger partial charge in [-0.15, -0.1) is 0 Å². The Morgan fingerprint density at radius 1 is 1.41 bits per heavy atom. The molecule has 1 aromatic carbocycles. The Morgan fingerprint density at radius 2 is 2.12 bits per heavy atom. The van der Waals surface area contributed by atoms with E-state index in [2.05, 4.69) is 5.32 Å². The second-order valence-corrected chi connectivity index (χ2v) is 4.21. The summed E-state index contributed by atoms with van der Waals surface area (Å²) in [5.74, 6) is -0.157. The van der Waals surface area contributed by atoms with E-state index in [1.807, 2.05) is 13.8 Å². The summed E-state index contributed by atoms with van der Waals surface area (Å²) in [5, 5.41) is 3.17. The van der Waals surface area contributed by atoms with Crippen LogP contribution >= 0.6 is 0 Å². The molecule has 5 heteroatoms. The van der Waals surface area contributed by atoms with Gasteiger partial charge in [0.1, 0.15) is 0 Å². The lowest BCUT2D eigenvalue weighted by molar-refractivity contribution is -0.114. The molecule has 17 heavy (non-hydrogen) atoms. The molecular formula is C12H14N2O3. The van der Waals surface area contributed by atoms with E-state index in [4.69, 9.17) is 4.52 Å². The maximum Gasteiger partial charge on any atom is 0.290 e. The first-order chi connectivity index (χ1) is 7.99. The molecular weight excluding hydrogens is 220 g/mol. The number of amides is 1. The van der Waals surface area contributed by atoms with Gasteiger partial charge in [0.05, 0.1) is 11.4 Å². The van der Waals surface area contributed by atoms with Crippen LogP contribution in [0.2, 0.25) is 0 Å². The number of hydrogen-bond acceptors (Lipinski definition) is 3. The fraction of sp³-hybridized carbons (Fsp3) is 0.333. The van der Waals surface area contributed by atoms with Crippen LogP contribution in [-0.2, 0) is 4.79 Å². The van der Waals surface area contributed by atoms with Crippen LogP contribution in [0, 0.1) is 0 Å². The molecule has 1 heterocycles. The molecule has 2 rings (SSSR count). The summed E-state index contributed by atoms with van der Waals surface area (Å²) in [6.07, 6.45) is 0. The zero-order chi connectivity index (χ0) is 12.6. The summed E-state index contributed by atoms with van der Waals surface area (Å²) in [5.41, 5.74) is 0.953. The number of anilines is 1. The second-order valence-electron chi connectivity index (χ2n) is 4.21. The molecule has 5 nitrogen and oxygen atoms in total. The van der Waals surface area contributed by atoms with Gasteiger partial charge >= 0.3 is 0 Å². The Kier molecular flexibility index (Phi) is 2.75. The van der Waals surface area contributed by atoms with E-state index in [1.165, 1.54) is 11.7 Å². The lowest BCUT2D eigenvalue weighted by Crippen LogP contribution is -2.15. The molecule has 0 aliphatic carbocycles. The van der Waals surface area contributed by atoms with E-state index < -0.39 is 0 Å². The van der Waals surface area contributed by atoms with Gasteiger partial charge in [0.25, 0.3) is 5.56 Å². The number of carbonyl (C=O) groups excluding carboxylic acids is 1. The quantitative estimate of drug-likeness (QED) is 0.865. The van der Waals surface area contributed by atoms with Crippen molar-refractivity contribution in [2.75, 3.05) is 5.32 Å². The van der Waals surface area contributed by atoms with E-state index in [9.17, 15) is 9.59 Å². The number of carbonyl (C=O) groups is 1. The molecule has 0 atom stereocenters. The SMILES string of the molecule is CC(=O)Nc1ccc2c(=O)n(C(C)C)oc2c1. The Morgan fingerprint density at radius 3 is 2.71 bits per heavy atom. The lowest BCUT2D eigenvalue weighted by atomic mass is 10.2. The van der Waals surface area contributed by atoms with Crippen LogP contribution in [0.5, 0.6) is 0 Å². The van der Waals surface area contributed by atoms with E-state index in [0.717, 1.165) is 0 Å². The maximum atomic E-state index is 11.9. The summed E-state index contributed by atoms with van der Waals surface area (Å²) in [7, 11) is 0. The van der Waals surface area contributed by atoms with Crippen molar-refractivity contribution in [2.24, 2.45) is 0 Å². The summed E-state index contributed by atoms with van der Waals surface area (Å²) < 4.78 is 6.76. The summed E-state index contributed by atoms with van der Waals surface area (Å²) in [6, 6.07) is 4.97. The standard InChI is InChI=1S/C12H14N2O3/c1-7(2)14-12(16)10-5-4-9(13-8(3)15)6-11(10)17-14/h4-7H,1-3H3,(H,13,15). The molecule has 0 fully saturated rings. The summed E-state index contributed by atoms with van der Waals surface area (Å²) in [4.78, 5) is 22.8. The van der Waals surface area contributed by atoms with Crippen molar-refractivity contribution in [1.29, 1.82) is 0 Å². The molecule has 0 aliphatic heterocycles. The number of nitrogens with zero attached hydrogens (tertiary/aromatic N) is 1. The van der Waals surface area contributed by atoms with Crippen LogP contribution in [-0.4, -0.2) is 10.6 Å². The van der Waals surface area contributed by atoms with Gasteiger partial charge in [0.2, 0.25) is 5.91 Å². The molecule has 0 bridgehead atoms. The molecule has 0 saturated heterocycles. The fourth-order valence-corrected chi connectivity index (χ4v) is 1.66. The summed E-state index contributed by atoms with van der Waals surface area (Å²) >= 11 is 0. The topological polar surface area (TPSA) is 64.2 Å². The highest BCUT2D eigenvalue weighted by Crippen LogP contribution is 2.18. The molecule has 0 spiro atoms. The van der Waals surface area contributed by atoms with Crippen LogP contribution < -0.4 is 10.9 Å². The highest BCUT2D eigenvalue weighted by atomic mass is 16.5. The molecule has 1 amide bonds. The second kappa shape index (κ2) is 4.08. The van der Waals surface area contributed by atoms with E-state index in [1.54, 1.807) is 18.2 Å². The van der Waals surface area contributed by atoms with E-state index in [0.29, 0.717) is 16.7 Å². The molecule has 0 aliphatic rings. The number of benzene rings is 1. The highest BCUT2D eigenvalue weighted by molar-refractivity contribution is 5.91. The average Bonchev–Trinajstić information content (AvgIpc) is 2.55. The normalized spacial score (nSPS) is 11.1. The smallest absolute Gasteiger partial charge is 0.290 e. The van der Waals surface area contributed by atoms with Crippen molar-refractivity contribution in [3.63, 3.8) is 0 Å². The van der Waals surface area contributed by atoms with Crippen LogP contribution in [0.1, 0.15) is 26.8 Å². The van der Waals surface area contributed by atoms with Crippen molar-refractivity contribution < 1.29 is 9.32 Å². The van der Waals surface area contributed by atoms with E-state index >= 15 is 0 Å². The predicted octanol–water partition coefficient (Wildman–Crippen LogP) is 2.13. The third kappa shape index (κ3) is 2.08. The third-order valence-corrected chi connectivity index (χ3v) is 2.40. The zero-order valence-electron chi connectivity index (χ0n) is 9.98. The minimum Gasteiger partial charge on any atom is -0.375 e. The van der Waals surface area contributed by atoms with Crippen LogP contribution in [0.3, 0.4) is 0 Å². The Labute approximate surface area is 98.0 Å². The van der Waals surface area contributed by atoms with Crippen LogP contribution in [0.4, 0.5) is 5.69 Å². The van der Waals surface area contributed by atoms with Gasteiger partial charge in [-0.1, -0.05) is 0 Å². The van der Waals surface area contributed by atoms with E-state index in [-0.39, 0.29) is 17.5 Å². The van der Waals surface area contributed by atoms with Gasteiger partial charge in [0, 0.05) is 18.7 Å². The zero-order valence-corrected chi connectivity index (χ0v) is 9.98. The number of rotatable bonds is 2. The third-order valence-electron chi connectivity index (χ3n) is 2.40. The predicted molar refractivity (Wildman–Crippen MR) is 65.2 cm³/mol. The average molecular weight is 234 g/mol. The first kappa shape index (κ1) is 11.4. The molecule has 0 radical (unpaired) electrons. The lowest BCUT2D eigenvalue weighted by Gasteiger charge is -2.01. The number of aromatic nitrogens is 1. The molecule has 2 aromatic rings. The largest absolute Gasteiger partial charge is 0.375 e. The number of nitrogens with one attached hydrogen (secondary N) is 1. The van der Waals surface area contributed by atoms with Gasteiger partial charge in [-0.2, -0.15) is 4.74 Å². The monoisotopic (exact) mass is 234 g/mol. The first-order valence-electron chi connectivity index (χ1n) is 5.42.